The van der Waals surface area contributed by atoms with Crippen molar-refractivity contribution in [1.82, 2.24) is 15.1 Å². The van der Waals surface area contributed by atoms with Gasteiger partial charge in [0.25, 0.3) is 5.91 Å². The molecule has 8 heteroatoms. The van der Waals surface area contributed by atoms with Gasteiger partial charge in [-0.2, -0.15) is 19.1 Å². The highest BCUT2D eigenvalue weighted by molar-refractivity contribution is 5.83. The fraction of sp³-hybridized carbons (Fsp3) is 0.375. The summed E-state index contributed by atoms with van der Waals surface area (Å²) in [7, 11) is 0. The van der Waals surface area contributed by atoms with Crippen LogP contribution in [-0.2, 0) is 15.9 Å². The number of hydrogen-bond donors (Lipinski definition) is 2. The largest absolute Gasteiger partial charge is 0.386 e. The minimum atomic E-state index is -3.53. The van der Waals surface area contributed by atoms with Gasteiger partial charge in [0.1, 0.15) is 5.54 Å². The maximum Gasteiger partial charge on any atom is 0.321 e. The molecule has 0 radical (unpaired) electrons. The SMILES string of the molecule is C[C@H](NC(=O)C(C)(F)F)[C@](C)(c1ccc(C(C)(C)O)cc1)n1cc2cc(C#N)ccc2n1. The molecule has 2 aromatic carbocycles. The van der Waals surface area contributed by atoms with Gasteiger partial charge in [-0.1, -0.05) is 24.3 Å². The van der Waals surface area contributed by atoms with E-state index >= 15 is 0 Å². The van der Waals surface area contributed by atoms with Crippen molar-refractivity contribution in [2.75, 3.05) is 0 Å². The van der Waals surface area contributed by atoms with Crippen molar-refractivity contribution in [3.05, 3.63) is 65.4 Å². The molecule has 32 heavy (non-hydrogen) atoms. The van der Waals surface area contributed by atoms with Gasteiger partial charge in [0.05, 0.1) is 28.8 Å². The van der Waals surface area contributed by atoms with E-state index in [2.05, 4.69) is 16.5 Å². The first-order valence-corrected chi connectivity index (χ1v) is 10.2. The second kappa shape index (κ2) is 7.99. The van der Waals surface area contributed by atoms with E-state index in [1.54, 1.807) is 81.0 Å². The van der Waals surface area contributed by atoms with Gasteiger partial charge in [-0.25, -0.2) is 0 Å². The lowest BCUT2D eigenvalue weighted by molar-refractivity contribution is -0.144. The van der Waals surface area contributed by atoms with Crippen molar-refractivity contribution >= 4 is 16.8 Å². The summed E-state index contributed by atoms with van der Waals surface area (Å²) in [5.74, 6) is -4.91. The monoisotopic (exact) mass is 440 g/mol. The van der Waals surface area contributed by atoms with Crippen molar-refractivity contribution < 1.29 is 18.7 Å². The quantitative estimate of drug-likeness (QED) is 0.605. The van der Waals surface area contributed by atoms with Gasteiger partial charge in [-0.15, -0.1) is 0 Å². The standard InChI is InChI=1S/C24H26F2N4O2/c1-15(28-21(31)24(5,25)26)23(4,19-9-7-18(8-10-19)22(2,3)32)30-14-17-12-16(13-27)6-11-20(17)29-30/h6-12,14-15,32H,1-5H3,(H,28,31)/t15-,23+/m0/s1. The van der Waals surface area contributed by atoms with Gasteiger partial charge in [0.15, 0.2) is 0 Å². The Bertz CT molecular complexity index is 1180. The highest BCUT2D eigenvalue weighted by Crippen LogP contribution is 2.33. The molecule has 0 fully saturated rings. The predicted molar refractivity (Wildman–Crippen MR) is 117 cm³/mol. The highest BCUT2D eigenvalue weighted by atomic mass is 19.3. The van der Waals surface area contributed by atoms with Gasteiger partial charge in [-0.05, 0) is 57.0 Å². The maximum atomic E-state index is 13.6. The lowest BCUT2D eigenvalue weighted by atomic mass is 9.83. The molecular formula is C24H26F2N4O2. The summed E-state index contributed by atoms with van der Waals surface area (Å²) in [6.07, 6.45) is 1.73. The third kappa shape index (κ3) is 4.34. The van der Waals surface area contributed by atoms with Crippen LogP contribution < -0.4 is 5.32 Å². The molecule has 0 aliphatic carbocycles. The van der Waals surface area contributed by atoms with E-state index in [1.165, 1.54) is 0 Å². The number of carbonyl (C=O) groups is 1. The van der Waals surface area contributed by atoms with E-state index in [0.717, 1.165) is 0 Å². The molecule has 0 aliphatic heterocycles. The number of hydrogen-bond acceptors (Lipinski definition) is 4. The number of alkyl halides is 2. The van der Waals surface area contributed by atoms with Crippen molar-refractivity contribution in [2.45, 2.75) is 57.7 Å². The Labute approximate surface area is 185 Å². The first kappa shape index (κ1) is 23.4. The van der Waals surface area contributed by atoms with Crippen molar-refractivity contribution in [2.24, 2.45) is 0 Å². The molecule has 0 bridgehead atoms. The normalized spacial score (nSPS) is 15.1. The summed E-state index contributed by atoms with van der Waals surface area (Å²) in [6.45, 7) is 7.32. The molecule has 0 saturated heterocycles. The zero-order valence-electron chi connectivity index (χ0n) is 18.6. The average Bonchev–Trinajstić information content (AvgIpc) is 3.15. The molecule has 1 aromatic heterocycles. The Morgan fingerprint density at radius 3 is 2.25 bits per heavy atom. The minimum Gasteiger partial charge on any atom is -0.386 e. The third-order valence-corrected chi connectivity index (χ3v) is 5.87. The second-order valence-electron chi connectivity index (χ2n) is 8.83. The number of aromatic nitrogens is 2. The van der Waals surface area contributed by atoms with E-state index < -0.39 is 29.0 Å². The number of nitriles is 1. The lowest BCUT2D eigenvalue weighted by Gasteiger charge is -2.37. The molecule has 168 valence electrons. The number of rotatable bonds is 6. The Morgan fingerprint density at radius 1 is 1.12 bits per heavy atom. The van der Waals surface area contributed by atoms with Crippen molar-refractivity contribution in [3.8, 4) is 6.07 Å². The molecule has 0 aliphatic rings. The van der Waals surface area contributed by atoms with Crippen LogP contribution in [0.15, 0.2) is 48.7 Å². The molecular weight excluding hydrogens is 414 g/mol. The summed E-state index contributed by atoms with van der Waals surface area (Å²) in [4.78, 5) is 12.1. The van der Waals surface area contributed by atoms with E-state index in [1.807, 2.05) is 0 Å². The Morgan fingerprint density at radius 2 is 1.72 bits per heavy atom. The maximum absolute atomic E-state index is 13.6. The number of fused-ring (bicyclic) bond motifs is 1. The van der Waals surface area contributed by atoms with Gasteiger partial charge in [0, 0.05) is 18.5 Å². The van der Waals surface area contributed by atoms with E-state index in [-0.39, 0.29) is 0 Å². The molecule has 2 N–H and O–H groups in total. The van der Waals surface area contributed by atoms with Crippen LogP contribution in [0.4, 0.5) is 8.78 Å². The number of amides is 1. The van der Waals surface area contributed by atoms with Crippen molar-refractivity contribution in [3.63, 3.8) is 0 Å². The first-order chi connectivity index (χ1) is 14.8. The number of carbonyl (C=O) groups excluding carboxylic acids is 1. The van der Waals surface area contributed by atoms with Gasteiger partial charge in [0.2, 0.25) is 0 Å². The highest BCUT2D eigenvalue weighted by Gasteiger charge is 2.41. The first-order valence-electron chi connectivity index (χ1n) is 10.2. The molecule has 0 spiro atoms. The number of nitrogens with zero attached hydrogens (tertiary/aromatic N) is 3. The molecule has 0 unspecified atom stereocenters. The van der Waals surface area contributed by atoms with Crippen LogP contribution in [0, 0.1) is 11.3 Å². The molecule has 1 amide bonds. The number of benzene rings is 2. The molecule has 1 heterocycles. The van der Waals surface area contributed by atoms with E-state index in [0.29, 0.717) is 34.5 Å². The van der Waals surface area contributed by atoms with E-state index in [9.17, 15) is 23.9 Å². The summed E-state index contributed by atoms with van der Waals surface area (Å²) in [5.41, 5.74) is 0.386. The van der Waals surface area contributed by atoms with Crippen LogP contribution in [0.3, 0.4) is 0 Å². The van der Waals surface area contributed by atoms with Crippen molar-refractivity contribution in [1.29, 1.82) is 5.26 Å². The molecule has 3 aromatic rings. The molecule has 6 nitrogen and oxygen atoms in total. The fourth-order valence-electron chi connectivity index (χ4n) is 3.59. The van der Waals surface area contributed by atoms with Crippen LogP contribution in [0.5, 0.6) is 0 Å². The number of aliphatic hydroxyl groups is 1. The predicted octanol–water partition coefficient (Wildman–Crippen LogP) is 4.06. The Balaban J connectivity index is 2.15. The molecule has 0 saturated carbocycles. The van der Waals surface area contributed by atoms with Crippen LogP contribution in [0.1, 0.15) is 51.3 Å². The molecule has 2 atom stereocenters. The van der Waals surface area contributed by atoms with Crippen LogP contribution in [-0.4, -0.2) is 32.8 Å². The van der Waals surface area contributed by atoms with Gasteiger partial charge >= 0.3 is 5.92 Å². The van der Waals surface area contributed by atoms with Gasteiger partial charge in [-0.3, -0.25) is 9.48 Å². The van der Waals surface area contributed by atoms with E-state index in [4.69, 9.17) is 0 Å². The smallest absolute Gasteiger partial charge is 0.321 e. The zero-order chi connectivity index (χ0) is 23.9. The number of nitrogens with one attached hydrogen (secondary N) is 1. The molecule has 3 rings (SSSR count). The minimum absolute atomic E-state index is 0.472. The van der Waals surface area contributed by atoms with Crippen LogP contribution >= 0.6 is 0 Å². The second-order valence-corrected chi connectivity index (χ2v) is 8.83. The van der Waals surface area contributed by atoms with Crippen LogP contribution in [0.2, 0.25) is 0 Å². The number of halogens is 2. The Kier molecular flexibility index (Phi) is 5.83. The lowest BCUT2D eigenvalue weighted by Crippen LogP contribution is -2.54. The average molecular weight is 440 g/mol. The van der Waals surface area contributed by atoms with Crippen LogP contribution in [0.25, 0.3) is 10.9 Å². The summed E-state index contributed by atoms with van der Waals surface area (Å²) in [6, 6.07) is 13.4. The Hall–Kier alpha value is -3.31. The topological polar surface area (TPSA) is 90.9 Å². The third-order valence-electron chi connectivity index (χ3n) is 5.87. The fourth-order valence-corrected chi connectivity index (χ4v) is 3.59. The summed E-state index contributed by atoms with van der Waals surface area (Å²) < 4.78 is 28.8. The zero-order valence-corrected chi connectivity index (χ0v) is 18.6. The summed E-state index contributed by atoms with van der Waals surface area (Å²) in [5, 5.41) is 27.2. The van der Waals surface area contributed by atoms with Gasteiger partial charge < -0.3 is 10.4 Å². The summed E-state index contributed by atoms with van der Waals surface area (Å²) >= 11 is 0.